The van der Waals surface area contributed by atoms with Crippen LogP contribution in [0.15, 0.2) is 48.8 Å². The van der Waals surface area contributed by atoms with E-state index in [1.165, 1.54) is 36.7 Å². The van der Waals surface area contributed by atoms with Crippen molar-refractivity contribution < 1.29 is 18.3 Å². The van der Waals surface area contributed by atoms with Crippen LogP contribution in [-0.2, 0) is 5.60 Å². The molecule has 1 aromatic carbocycles. The Morgan fingerprint density at radius 1 is 0.895 bits per heavy atom. The van der Waals surface area contributed by atoms with E-state index in [1.807, 2.05) is 0 Å². The van der Waals surface area contributed by atoms with Crippen LogP contribution in [0.5, 0.6) is 0 Å². The first-order valence-electron chi connectivity index (χ1n) is 5.62. The Kier molecular flexibility index (Phi) is 3.32. The van der Waals surface area contributed by atoms with Crippen molar-refractivity contribution in [2.75, 3.05) is 0 Å². The van der Waals surface area contributed by atoms with Crippen LogP contribution in [0, 0.1) is 6.92 Å². The minimum atomic E-state index is -4.82. The maximum atomic E-state index is 13.3. The summed E-state index contributed by atoms with van der Waals surface area (Å²) in [5.74, 6) is 0. The van der Waals surface area contributed by atoms with Gasteiger partial charge in [-0.3, -0.25) is 4.98 Å². The monoisotopic (exact) mass is 267 g/mol. The molecule has 0 amide bonds. The van der Waals surface area contributed by atoms with Gasteiger partial charge in [0.05, 0.1) is 0 Å². The summed E-state index contributed by atoms with van der Waals surface area (Å²) in [6.07, 6.45) is -2.37. The van der Waals surface area contributed by atoms with Gasteiger partial charge in [-0.05, 0) is 24.6 Å². The Hall–Kier alpha value is -1.88. The van der Waals surface area contributed by atoms with Crippen molar-refractivity contribution in [1.29, 1.82) is 0 Å². The second kappa shape index (κ2) is 4.66. The van der Waals surface area contributed by atoms with Crippen molar-refractivity contribution >= 4 is 0 Å². The minimum Gasteiger partial charge on any atom is -0.372 e. The van der Waals surface area contributed by atoms with Gasteiger partial charge in [0.1, 0.15) is 0 Å². The van der Waals surface area contributed by atoms with Crippen LogP contribution in [0.4, 0.5) is 13.2 Å². The van der Waals surface area contributed by atoms with Gasteiger partial charge in [0.2, 0.25) is 5.60 Å². The second-order valence-electron chi connectivity index (χ2n) is 4.31. The van der Waals surface area contributed by atoms with Crippen molar-refractivity contribution in [3.05, 3.63) is 65.5 Å². The molecule has 0 bridgehead atoms. The molecule has 19 heavy (non-hydrogen) atoms. The Morgan fingerprint density at radius 3 is 1.84 bits per heavy atom. The van der Waals surface area contributed by atoms with Gasteiger partial charge in [-0.15, -0.1) is 0 Å². The molecule has 1 atom stereocenters. The van der Waals surface area contributed by atoms with Crippen LogP contribution in [0.2, 0.25) is 0 Å². The fourth-order valence-corrected chi connectivity index (χ4v) is 1.88. The Labute approximate surface area is 108 Å². The van der Waals surface area contributed by atoms with Crippen LogP contribution < -0.4 is 0 Å². The number of aromatic nitrogens is 1. The van der Waals surface area contributed by atoms with Gasteiger partial charge in [0.15, 0.2) is 0 Å². The molecule has 2 nitrogen and oxygen atoms in total. The van der Waals surface area contributed by atoms with Gasteiger partial charge >= 0.3 is 6.18 Å². The predicted octanol–water partition coefficient (Wildman–Crippen LogP) is 3.19. The number of rotatable bonds is 2. The number of nitrogens with zero attached hydrogens (tertiary/aromatic N) is 1. The van der Waals surface area contributed by atoms with Gasteiger partial charge in [0, 0.05) is 18.0 Å². The first kappa shape index (κ1) is 13.5. The second-order valence-corrected chi connectivity index (χ2v) is 4.31. The van der Waals surface area contributed by atoms with Gasteiger partial charge in [0.25, 0.3) is 0 Å². The number of hydrogen-bond donors (Lipinski definition) is 1. The summed E-state index contributed by atoms with van der Waals surface area (Å²) < 4.78 is 39.9. The molecule has 2 aromatic rings. The van der Waals surface area contributed by atoms with E-state index >= 15 is 0 Å². The van der Waals surface area contributed by atoms with E-state index in [4.69, 9.17) is 0 Å². The average Bonchev–Trinajstić information content (AvgIpc) is 2.38. The van der Waals surface area contributed by atoms with Crippen molar-refractivity contribution in [2.45, 2.75) is 18.7 Å². The number of benzene rings is 1. The Bertz CT molecular complexity index is 551. The van der Waals surface area contributed by atoms with E-state index < -0.39 is 11.8 Å². The predicted molar refractivity (Wildman–Crippen MR) is 64.5 cm³/mol. The quantitative estimate of drug-likeness (QED) is 0.906. The largest absolute Gasteiger partial charge is 0.425 e. The van der Waals surface area contributed by atoms with Gasteiger partial charge < -0.3 is 5.11 Å². The molecule has 1 aromatic heterocycles. The molecule has 1 N–H and O–H groups in total. The molecule has 0 radical (unpaired) electrons. The maximum Gasteiger partial charge on any atom is 0.425 e. The van der Waals surface area contributed by atoms with Crippen LogP contribution in [0.25, 0.3) is 0 Å². The van der Waals surface area contributed by atoms with Gasteiger partial charge in [-0.2, -0.15) is 13.2 Å². The SMILES string of the molecule is Cc1ccc(C(O)(c2ccncc2)C(F)(F)F)cc1. The first-order chi connectivity index (χ1) is 8.85. The molecular weight excluding hydrogens is 255 g/mol. The Balaban J connectivity index is 2.63. The molecule has 0 saturated carbocycles. The van der Waals surface area contributed by atoms with E-state index in [0.29, 0.717) is 0 Å². The highest BCUT2D eigenvalue weighted by Crippen LogP contribution is 2.43. The summed E-state index contributed by atoms with van der Waals surface area (Å²) in [6.45, 7) is 1.77. The van der Waals surface area contributed by atoms with E-state index in [-0.39, 0.29) is 11.1 Å². The molecule has 1 unspecified atom stereocenters. The van der Waals surface area contributed by atoms with Gasteiger partial charge in [-0.1, -0.05) is 29.8 Å². The van der Waals surface area contributed by atoms with E-state index in [9.17, 15) is 18.3 Å². The highest BCUT2D eigenvalue weighted by Gasteiger charge is 2.56. The third kappa shape index (κ3) is 2.33. The van der Waals surface area contributed by atoms with Crippen LogP contribution in [0.1, 0.15) is 16.7 Å². The standard InChI is InChI=1S/C14H12F3NO/c1-10-2-4-11(5-3-10)13(19,14(15,16)17)12-6-8-18-9-7-12/h2-9,19H,1H3. The number of aryl methyl sites for hydroxylation is 1. The molecular formula is C14H12F3NO. The molecule has 0 fully saturated rings. The van der Waals surface area contributed by atoms with E-state index in [2.05, 4.69) is 4.98 Å². The molecule has 100 valence electrons. The Morgan fingerprint density at radius 2 is 1.37 bits per heavy atom. The van der Waals surface area contributed by atoms with Crippen molar-refractivity contribution in [3.63, 3.8) is 0 Å². The third-order valence-corrected chi connectivity index (χ3v) is 2.98. The van der Waals surface area contributed by atoms with Gasteiger partial charge in [-0.25, -0.2) is 0 Å². The summed E-state index contributed by atoms with van der Waals surface area (Å²) in [5, 5.41) is 10.2. The number of aliphatic hydroxyl groups is 1. The summed E-state index contributed by atoms with van der Waals surface area (Å²) in [4.78, 5) is 3.67. The number of halogens is 3. The normalized spacial score (nSPS) is 15.0. The van der Waals surface area contributed by atoms with E-state index in [1.54, 1.807) is 6.92 Å². The number of alkyl halides is 3. The highest BCUT2D eigenvalue weighted by atomic mass is 19.4. The van der Waals surface area contributed by atoms with Crippen molar-refractivity contribution in [1.82, 2.24) is 4.98 Å². The zero-order valence-electron chi connectivity index (χ0n) is 10.1. The van der Waals surface area contributed by atoms with Crippen LogP contribution >= 0.6 is 0 Å². The molecule has 0 aliphatic rings. The lowest BCUT2D eigenvalue weighted by atomic mass is 9.86. The molecule has 1 heterocycles. The van der Waals surface area contributed by atoms with Crippen molar-refractivity contribution in [2.24, 2.45) is 0 Å². The summed E-state index contributed by atoms with van der Waals surface area (Å²) in [7, 11) is 0. The molecule has 0 spiro atoms. The lowest BCUT2D eigenvalue weighted by Crippen LogP contribution is -2.43. The molecule has 5 heteroatoms. The molecule has 2 rings (SSSR count). The summed E-state index contributed by atoms with van der Waals surface area (Å²) in [6, 6.07) is 7.95. The number of hydrogen-bond acceptors (Lipinski definition) is 2. The zero-order chi connectivity index (χ0) is 14.1. The average molecular weight is 267 g/mol. The fourth-order valence-electron chi connectivity index (χ4n) is 1.88. The first-order valence-corrected chi connectivity index (χ1v) is 5.62. The fraction of sp³-hybridized carbons (Fsp3) is 0.214. The minimum absolute atomic E-state index is 0.211. The van der Waals surface area contributed by atoms with Crippen LogP contribution in [0.3, 0.4) is 0 Å². The smallest absolute Gasteiger partial charge is 0.372 e. The van der Waals surface area contributed by atoms with E-state index in [0.717, 1.165) is 17.7 Å². The number of pyridine rings is 1. The van der Waals surface area contributed by atoms with Crippen LogP contribution in [-0.4, -0.2) is 16.3 Å². The van der Waals surface area contributed by atoms with Crippen molar-refractivity contribution in [3.8, 4) is 0 Å². The lowest BCUT2D eigenvalue weighted by molar-refractivity contribution is -0.248. The lowest BCUT2D eigenvalue weighted by Gasteiger charge is -2.31. The zero-order valence-corrected chi connectivity index (χ0v) is 10.1. The molecule has 0 aliphatic heterocycles. The third-order valence-electron chi connectivity index (χ3n) is 2.98. The summed E-state index contributed by atoms with van der Waals surface area (Å²) >= 11 is 0. The maximum absolute atomic E-state index is 13.3. The molecule has 0 saturated heterocycles. The molecule has 0 aliphatic carbocycles. The summed E-state index contributed by atoms with van der Waals surface area (Å²) in [5.41, 5.74) is -2.66. The topological polar surface area (TPSA) is 33.1 Å². The highest BCUT2D eigenvalue weighted by molar-refractivity contribution is 5.38.